The minimum Gasteiger partial charge on any atom is -0.462 e. The van der Waals surface area contributed by atoms with Crippen LogP contribution in [0.15, 0.2) is 0 Å². The molecular weight excluding hydrogens is 174 g/mol. The first-order valence-corrected chi connectivity index (χ1v) is 5.45. The Balaban J connectivity index is 3.20. The summed E-state index contributed by atoms with van der Waals surface area (Å²) in [6.45, 7) is 4.87. The van der Waals surface area contributed by atoms with Crippen LogP contribution in [0.5, 0.6) is 0 Å². The predicted molar refractivity (Wildman–Crippen MR) is 52.5 cm³/mol. The summed E-state index contributed by atoms with van der Waals surface area (Å²) >= 11 is 1.75. The van der Waals surface area contributed by atoms with Crippen LogP contribution in [-0.4, -0.2) is 37.2 Å². The summed E-state index contributed by atoms with van der Waals surface area (Å²) in [6, 6.07) is 0. The Labute approximate surface area is 78.2 Å². The SMILES string of the molecule is CSCCNCC(=O)OC(C)C. The summed E-state index contributed by atoms with van der Waals surface area (Å²) in [5.41, 5.74) is 0. The van der Waals surface area contributed by atoms with E-state index in [2.05, 4.69) is 5.32 Å². The van der Waals surface area contributed by atoms with Crippen LogP contribution in [0.3, 0.4) is 0 Å². The molecular formula is C8H17NO2S. The average Bonchev–Trinajstić information content (AvgIpc) is 1.97. The number of nitrogens with one attached hydrogen (secondary N) is 1. The van der Waals surface area contributed by atoms with Crippen molar-refractivity contribution >= 4 is 17.7 Å². The second-order valence-electron chi connectivity index (χ2n) is 2.71. The Morgan fingerprint density at radius 1 is 1.58 bits per heavy atom. The number of hydrogen-bond acceptors (Lipinski definition) is 4. The van der Waals surface area contributed by atoms with Crippen molar-refractivity contribution in [3.8, 4) is 0 Å². The summed E-state index contributed by atoms with van der Waals surface area (Å²) < 4.78 is 4.92. The van der Waals surface area contributed by atoms with Gasteiger partial charge >= 0.3 is 5.97 Å². The summed E-state index contributed by atoms with van der Waals surface area (Å²) in [6.07, 6.45) is 2.02. The number of esters is 1. The maximum absolute atomic E-state index is 10.9. The van der Waals surface area contributed by atoms with E-state index in [4.69, 9.17) is 4.74 Å². The van der Waals surface area contributed by atoms with Gasteiger partial charge in [0.2, 0.25) is 0 Å². The van der Waals surface area contributed by atoms with E-state index in [0.29, 0.717) is 6.54 Å². The first kappa shape index (κ1) is 11.8. The largest absolute Gasteiger partial charge is 0.462 e. The summed E-state index contributed by atoms with van der Waals surface area (Å²) in [4.78, 5) is 10.9. The fourth-order valence-corrected chi connectivity index (χ4v) is 1.02. The molecule has 3 nitrogen and oxygen atoms in total. The number of hydrogen-bond donors (Lipinski definition) is 1. The minimum absolute atomic E-state index is 0.0140. The van der Waals surface area contributed by atoms with Crippen molar-refractivity contribution in [3.63, 3.8) is 0 Å². The standard InChI is InChI=1S/C8H17NO2S/c1-7(2)11-8(10)6-9-4-5-12-3/h7,9H,4-6H2,1-3H3. The fraction of sp³-hybridized carbons (Fsp3) is 0.875. The van der Waals surface area contributed by atoms with Crippen molar-refractivity contribution in [1.82, 2.24) is 5.32 Å². The molecule has 0 aromatic carbocycles. The molecule has 0 saturated heterocycles. The number of carbonyl (C=O) groups is 1. The molecule has 0 amide bonds. The number of rotatable bonds is 6. The molecule has 0 aliphatic carbocycles. The van der Waals surface area contributed by atoms with Crippen molar-refractivity contribution in [2.75, 3.05) is 25.1 Å². The fourth-order valence-electron chi connectivity index (χ4n) is 0.669. The molecule has 0 saturated carbocycles. The third-order valence-corrected chi connectivity index (χ3v) is 1.73. The van der Waals surface area contributed by atoms with Crippen LogP contribution in [0, 0.1) is 0 Å². The van der Waals surface area contributed by atoms with Gasteiger partial charge in [-0.05, 0) is 20.1 Å². The van der Waals surface area contributed by atoms with Crippen molar-refractivity contribution in [2.45, 2.75) is 20.0 Å². The van der Waals surface area contributed by atoms with Gasteiger partial charge in [-0.3, -0.25) is 4.79 Å². The zero-order valence-electron chi connectivity index (χ0n) is 7.92. The lowest BCUT2D eigenvalue weighted by Crippen LogP contribution is -2.28. The van der Waals surface area contributed by atoms with Crippen LogP contribution in [0.25, 0.3) is 0 Å². The molecule has 0 aliphatic rings. The topological polar surface area (TPSA) is 38.3 Å². The highest BCUT2D eigenvalue weighted by molar-refractivity contribution is 7.98. The van der Waals surface area contributed by atoms with Crippen LogP contribution < -0.4 is 5.32 Å². The van der Waals surface area contributed by atoms with Crippen molar-refractivity contribution in [1.29, 1.82) is 0 Å². The zero-order chi connectivity index (χ0) is 9.40. The van der Waals surface area contributed by atoms with Gasteiger partial charge < -0.3 is 10.1 Å². The molecule has 0 heterocycles. The third kappa shape index (κ3) is 7.88. The minimum atomic E-state index is -0.175. The smallest absolute Gasteiger partial charge is 0.320 e. The maximum atomic E-state index is 10.9. The molecule has 12 heavy (non-hydrogen) atoms. The third-order valence-electron chi connectivity index (χ3n) is 1.12. The molecule has 0 atom stereocenters. The van der Waals surface area contributed by atoms with Gasteiger partial charge in [-0.25, -0.2) is 0 Å². The average molecular weight is 191 g/mol. The van der Waals surface area contributed by atoms with E-state index >= 15 is 0 Å². The maximum Gasteiger partial charge on any atom is 0.320 e. The second kappa shape index (κ2) is 7.43. The van der Waals surface area contributed by atoms with Crippen LogP contribution >= 0.6 is 11.8 Å². The molecule has 0 unspecified atom stereocenters. The van der Waals surface area contributed by atoms with Gasteiger partial charge in [0.1, 0.15) is 0 Å². The Morgan fingerprint density at radius 2 is 2.25 bits per heavy atom. The Bertz CT molecular complexity index is 128. The molecule has 0 radical (unpaired) electrons. The first-order valence-electron chi connectivity index (χ1n) is 4.06. The van der Waals surface area contributed by atoms with Gasteiger partial charge in [0.05, 0.1) is 12.6 Å². The molecule has 0 aromatic heterocycles. The number of carbonyl (C=O) groups excluding carboxylic acids is 1. The van der Waals surface area contributed by atoms with E-state index in [0.717, 1.165) is 12.3 Å². The van der Waals surface area contributed by atoms with E-state index in [1.807, 2.05) is 20.1 Å². The van der Waals surface area contributed by atoms with E-state index in [9.17, 15) is 4.79 Å². The lowest BCUT2D eigenvalue weighted by Gasteiger charge is -2.07. The molecule has 1 N–H and O–H groups in total. The van der Waals surface area contributed by atoms with Crippen LogP contribution in [0.1, 0.15) is 13.8 Å². The lowest BCUT2D eigenvalue weighted by atomic mass is 10.5. The molecule has 0 bridgehead atoms. The highest BCUT2D eigenvalue weighted by Crippen LogP contribution is 1.89. The van der Waals surface area contributed by atoms with E-state index in [1.165, 1.54) is 0 Å². The van der Waals surface area contributed by atoms with Crippen molar-refractivity contribution in [2.24, 2.45) is 0 Å². The van der Waals surface area contributed by atoms with E-state index < -0.39 is 0 Å². The van der Waals surface area contributed by atoms with Crippen molar-refractivity contribution in [3.05, 3.63) is 0 Å². The zero-order valence-corrected chi connectivity index (χ0v) is 8.74. The van der Waals surface area contributed by atoms with Gasteiger partial charge in [-0.15, -0.1) is 0 Å². The summed E-state index contributed by atoms with van der Waals surface area (Å²) in [5, 5.41) is 3.00. The first-order chi connectivity index (χ1) is 5.66. The molecule has 0 aliphatic heterocycles. The van der Waals surface area contributed by atoms with Gasteiger partial charge in [-0.2, -0.15) is 11.8 Å². The quantitative estimate of drug-likeness (QED) is 0.500. The van der Waals surface area contributed by atoms with E-state index in [1.54, 1.807) is 11.8 Å². The summed E-state index contributed by atoms with van der Waals surface area (Å²) in [7, 11) is 0. The van der Waals surface area contributed by atoms with Crippen LogP contribution in [-0.2, 0) is 9.53 Å². The molecule has 0 fully saturated rings. The number of thioether (sulfide) groups is 1. The lowest BCUT2D eigenvalue weighted by molar-refractivity contribution is -0.146. The Hall–Kier alpha value is -0.220. The summed E-state index contributed by atoms with van der Waals surface area (Å²) in [5.74, 6) is 0.848. The molecule has 0 spiro atoms. The van der Waals surface area contributed by atoms with Gasteiger partial charge in [0.15, 0.2) is 0 Å². The monoisotopic (exact) mass is 191 g/mol. The Kier molecular flexibility index (Phi) is 7.29. The van der Waals surface area contributed by atoms with Gasteiger partial charge in [0, 0.05) is 12.3 Å². The molecule has 4 heteroatoms. The normalized spacial score (nSPS) is 10.3. The highest BCUT2D eigenvalue weighted by Gasteiger charge is 2.03. The van der Waals surface area contributed by atoms with Gasteiger partial charge in [0.25, 0.3) is 0 Å². The predicted octanol–water partition coefficient (Wildman–Crippen LogP) is 0.891. The van der Waals surface area contributed by atoms with Crippen molar-refractivity contribution < 1.29 is 9.53 Å². The van der Waals surface area contributed by atoms with Crippen LogP contribution in [0.2, 0.25) is 0 Å². The highest BCUT2D eigenvalue weighted by atomic mass is 32.2. The van der Waals surface area contributed by atoms with Gasteiger partial charge in [-0.1, -0.05) is 0 Å². The Morgan fingerprint density at radius 3 is 2.75 bits per heavy atom. The number of ether oxygens (including phenoxy) is 1. The van der Waals surface area contributed by atoms with Crippen LogP contribution in [0.4, 0.5) is 0 Å². The molecule has 72 valence electrons. The molecule has 0 aromatic rings. The second-order valence-corrected chi connectivity index (χ2v) is 3.69. The van der Waals surface area contributed by atoms with E-state index in [-0.39, 0.29) is 12.1 Å². The molecule has 0 rings (SSSR count).